The van der Waals surface area contributed by atoms with Crippen molar-refractivity contribution >= 4 is 51.9 Å². The van der Waals surface area contributed by atoms with Gasteiger partial charge >= 0.3 is 0 Å². The number of piperazine rings is 1. The number of hydrogen-bond donors (Lipinski definition) is 1. The standard InChI is InChI=1S/C23H27Cl2N7O2/c1-14(17-4-3-16(24)11-18(17)25)26-21-20-19(12-30(2)29-20)27-23(28-21)32-8-6-31(7-9-32)22(33)15-5-10-34-13-15/h3-4,11-12,14-15H,5-10,13H2,1-2H3,(H,26,27,28)/t14-,15+/m1/s1. The van der Waals surface area contributed by atoms with Gasteiger partial charge in [0.05, 0.1) is 24.8 Å². The van der Waals surface area contributed by atoms with Gasteiger partial charge in [-0.2, -0.15) is 10.1 Å². The first-order chi connectivity index (χ1) is 16.4. The van der Waals surface area contributed by atoms with Crippen LogP contribution in [-0.4, -0.2) is 69.9 Å². The summed E-state index contributed by atoms with van der Waals surface area (Å²) in [4.78, 5) is 26.4. The topological polar surface area (TPSA) is 88.4 Å². The van der Waals surface area contributed by atoms with Crippen LogP contribution in [0.25, 0.3) is 11.0 Å². The number of ether oxygens (including phenoxy) is 1. The van der Waals surface area contributed by atoms with E-state index in [0.717, 1.165) is 17.5 Å². The van der Waals surface area contributed by atoms with Crippen LogP contribution in [0.1, 0.15) is 24.9 Å². The lowest BCUT2D eigenvalue weighted by Crippen LogP contribution is -2.51. The van der Waals surface area contributed by atoms with Crippen LogP contribution in [0, 0.1) is 5.92 Å². The van der Waals surface area contributed by atoms with Crippen LogP contribution >= 0.6 is 23.2 Å². The van der Waals surface area contributed by atoms with Gasteiger partial charge in [0.2, 0.25) is 11.9 Å². The highest BCUT2D eigenvalue weighted by Crippen LogP contribution is 2.31. The van der Waals surface area contributed by atoms with Gasteiger partial charge in [0, 0.05) is 49.9 Å². The van der Waals surface area contributed by atoms with Crippen molar-refractivity contribution in [3.05, 3.63) is 40.0 Å². The van der Waals surface area contributed by atoms with Crippen molar-refractivity contribution in [1.29, 1.82) is 0 Å². The third kappa shape index (κ3) is 4.64. The molecule has 34 heavy (non-hydrogen) atoms. The SMILES string of the molecule is C[C@@H](Nc1nc(N2CCN(C(=O)[C@H]3CCOC3)CC2)nc2cn(C)nc12)c1ccc(Cl)cc1Cl. The lowest BCUT2D eigenvalue weighted by Gasteiger charge is -2.36. The first-order valence-electron chi connectivity index (χ1n) is 11.4. The molecular weight excluding hydrogens is 477 g/mol. The van der Waals surface area contributed by atoms with Gasteiger partial charge in [-0.15, -0.1) is 0 Å². The highest BCUT2D eigenvalue weighted by atomic mass is 35.5. The van der Waals surface area contributed by atoms with E-state index in [0.29, 0.717) is 66.7 Å². The van der Waals surface area contributed by atoms with Crippen molar-refractivity contribution in [2.45, 2.75) is 19.4 Å². The summed E-state index contributed by atoms with van der Waals surface area (Å²) in [7, 11) is 1.86. The molecule has 4 heterocycles. The van der Waals surface area contributed by atoms with Gasteiger partial charge in [-0.05, 0) is 31.0 Å². The molecular formula is C23H27Cl2N7O2. The average molecular weight is 504 g/mol. The number of aromatic nitrogens is 4. The van der Waals surface area contributed by atoms with E-state index in [1.54, 1.807) is 10.7 Å². The van der Waals surface area contributed by atoms with E-state index in [1.807, 2.05) is 37.2 Å². The minimum absolute atomic E-state index is 0.00785. The Morgan fingerprint density at radius 3 is 2.71 bits per heavy atom. The molecule has 5 rings (SSSR count). The maximum Gasteiger partial charge on any atom is 0.228 e. The van der Waals surface area contributed by atoms with Crippen molar-refractivity contribution in [2.75, 3.05) is 49.6 Å². The van der Waals surface area contributed by atoms with E-state index in [-0.39, 0.29) is 17.9 Å². The summed E-state index contributed by atoms with van der Waals surface area (Å²) in [6.45, 7) is 5.84. The van der Waals surface area contributed by atoms with Gasteiger partial charge in [-0.25, -0.2) is 4.98 Å². The molecule has 0 spiro atoms. The highest BCUT2D eigenvalue weighted by Gasteiger charge is 2.31. The third-order valence-electron chi connectivity index (χ3n) is 6.40. The number of rotatable bonds is 5. The van der Waals surface area contributed by atoms with Crippen LogP contribution in [0.5, 0.6) is 0 Å². The number of fused-ring (bicyclic) bond motifs is 1. The summed E-state index contributed by atoms with van der Waals surface area (Å²) in [5, 5.41) is 9.20. The molecule has 1 aromatic carbocycles. The van der Waals surface area contributed by atoms with Crippen molar-refractivity contribution in [1.82, 2.24) is 24.6 Å². The van der Waals surface area contributed by atoms with Gasteiger partial charge in [-0.3, -0.25) is 9.48 Å². The fourth-order valence-corrected chi connectivity index (χ4v) is 5.08. The zero-order valence-corrected chi connectivity index (χ0v) is 20.7. The number of hydrogen-bond acceptors (Lipinski definition) is 7. The zero-order valence-electron chi connectivity index (χ0n) is 19.2. The van der Waals surface area contributed by atoms with Gasteiger partial charge < -0.3 is 19.9 Å². The predicted octanol–water partition coefficient (Wildman–Crippen LogP) is 3.53. The Hall–Kier alpha value is -2.62. The largest absolute Gasteiger partial charge is 0.381 e. The summed E-state index contributed by atoms with van der Waals surface area (Å²) in [5.41, 5.74) is 2.36. The molecule has 2 fully saturated rings. The normalized spacial score (nSPS) is 19.6. The average Bonchev–Trinajstić information content (AvgIpc) is 3.48. The number of carbonyl (C=O) groups excluding carboxylic acids is 1. The molecule has 180 valence electrons. The number of anilines is 2. The summed E-state index contributed by atoms with van der Waals surface area (Å²) in [6, 6.07) is 5.34. The van der Waals surface area contributed by atoms with Crippen LogP contribution in [0.2, 0.25) is 10.0 Å². The Morgan fingerprint density at radius 2 is 2.00 bits per heavy atom. The highest BCUT2D eigenvalue weighted by molar-refractivity contribution is 6.35. The summed E-state index contributed by atoms with van der Waals surface area (Å²) in [5.74, 6) is 1.44. The van der Waals surface area contributed by atoms with Crippen LogP contribution in [0.15, 0.2) is 24.4 Å². The Morgan fingerprint density at radius 1 is 1.21 bits per heavy atom. The molecule has 3 aromatic rings. The molecule has 0 unspecified atom stereocenters. The molecule has 0 saturated carbocycles. The number of amides is 1. The Balaban J connectivity index is 1.36. The van der Waals surface area contributed by atoms with Crippen LogP contribution in [0.4, 0.5) is 11.8 Å². The van der Waals surface area contributed by atoms with Gasteiger partial charge in [0.15, 0.2) is 11.3 Å². The van der Waals surface area contributed by atoms with Gasteiger partial charge in [0.1, 0.15) is 5.52 Å². The number of nitrogens with zero attached hydrogens (tertiary/aromatic N) is 6. The maximum atomic E-state index is 12.7. The second-order valence-electron chi connectivity index (χ2n) is 8.81. The Bertz CT molecular complexity index is 1200. The van der Waals surface area contributed by atoms with E-state index in [9.17, 15) is 4.79 Å². The molecule has 9 nitrogen and oxygen atoms in total. The van der Waals surface area contributed by atoms with Gasteiger partial charge in [-0.1, -0.05) is 29.3 Å². The van der Waals surface area contributed by atoms with E-state index in [4.69, 9.17) is 37.9 Å². The molecule has 2 atom stereocenters. The van der Waals surface area contributed by atoms with E-state index < -0.39 is 0 Å². The minimum atomic E-state index is -0.124. The first kappa shape index (κ1) is 23.1. The van der Waals surface area contributed by atoms with Crippen LogP contribution < -0.4 is 10.2 Å². The third-order valence-corrected chi connectivity index (χ3v) is 6.96. The van der Waals surface area contributed by atoms with E-state index >= 15 is 0 Å². The fourth-order valence-electron chi connectivity index (χ4n) is 4.50. The number of halogens is 2. The lowest BCUT2D eigenvalue weighted by molar-refractivity contribution is -0.135. The monoisotopic (exact) mass is 503 g/mol. The van der Waals surface area contributed by atoms with Crippen LogP contribution in [-0.2, 0) is 16.6 Å². The molecule has 2 aliphatic rings. The Labute approximate surface area is 208 Å². The molecule has 2 aliphatic heterocycles. The molecule has 0 bridgehead atoms. The van der Waals surface area contributed by atoms with Gasteiger partial charge in [0.25, 0.3) is 0 Å². The summed E-state index contributed by atoms with van der Waals surface area (Å²) >= 11 is 12.5. The van der Waals surface area contributed by atoms with E-state index in [1.165, 1.54) is 0 Å². The zero-order chi connectivity index (χ0) is 23.8. The molecule has 1 N–H and O–H groups in total. The second kappa shape index (κ2) is 9.56. The fraction of sp³-hybridized carbons (Fsp3) is 0.478. The number of benzene rings is 1. The number of carbonyl (C=O) groups is 1. The summed E-state index contributed by atoms with van der Waals surface area (Å²) < 4.78 is 7.12. The van der Waals surface area contributed by atoms with E-state index in [2.05, 4.69) is 15.3 Å². The van der Waals surface area contributed by atoms with Crippen molar-refractivity contribution < 1.29 is 9.53 Å². The molecule has 0 aliphatic carbocycles. The minimum Gasteiger partial charge on any atom is -0.381 e. The molecule has 2 saturated heterocycles. The van der Waals surface area contributed by atoms with Crippen molar-refractivity contribution in [3.8, 4) is 0 Å². The molecule has 0 radical (unpaired) electrons. The second-order valence-corrected chi connectivity index (χ2v) is 9.66. The van der Waals surface area contributed by atoms with Crippen molar-refractivity contribution in [2.24, 2.45) is 13.0 Å². The quantitative estimate of drug-likeness (QED) is 0.569. The molecule has 1 amide bonds. The smallest absolute Gasteiger partial charge is 0.228 e. The lowest BCUT2D eigenvalue weighted by atomic mass is 10.1. The number of nitrogens with one attached hydrogen (secondary N) is 1. The molecule has 11 heteroatoms. The summed E-state index contributed by atoms with van der Waals surface area (Å²) in [6.07, 6.45) is 2.69. The van der Waals surface area contributed by atoms with Crippen LogP contribution in [0.3, 0.4) is 0 Å². The predicted molar refractivity (Wildman–Crippen MR) is 133 cm³/mol. The Kier molecular flexibility index (Phi) is 6.50. The first-order valence-corrected chi connectivity index (χ1v) is 12.2. The maximum absolute atomic E-state index is 12.7. The number of aryl methyl sites for hydroxylation is 1. The van der Waals surface area contributed by atoms with Crippen molar-refractivity contribution in [3.63, 3.8) is 0 Å². The molecule has 2 aromatic heterocycles.